The Morgan fingerprint density at radius 3 is 1.50 bits per heavy atom. The number of carbonyl (C=O) groups is 2. The Morgan fingerprint density at radius 2 is 1.19 bits per heavy atom. The van der Waals surface area contributed by atoms with E-state index in [0.29, 0.717) is 11.4 Å². The Kier molecular flexibility index (Phi) is 8.71. The highest BCUT2D eigenvalue weighted by molar-refractivity contribution is 6.12. The predicted octanol–water partition coefficient (Wildman–Crippen LogP) is 5.03. The third-order valence-corrected chi connectivity index (χ3v) is 4.28. The summed E-state index contributed by atoms with van der Waals surface area (Å²) in [6, 6.07) is 11.0. The molecule has 0 aliphatic rings. The topological polar surface area (TPSA) is 118 Å². The Bertz CT molecular complexity index is 1030. The Balaban J connectivity index is 2.57. The minimum atomic E-state index is -0.703. The first-order chi connectivity index (χ1) is 15.3. The van der Waals surface area contributed by atoms with Crippen molar-refractivity contribution in [2.75, 3.05) is 13.2 Å². The molecule has 0 fully saturated rings. The number of aliphatic hydroxyl groups is 2. The monoisotopic (exact) mass is 438 g/mol. The lowest BCUT2D eigenvalue weighted by molar-refractivity contribution is -0.139. The molecule has 0 heterocycles. The van der Waals surface area contributed by atoms with Gasteiger partial charge in [-0.2, -0.15) is 0 Å². The molecule has 2 N–H and O–H groups in total. The molecule has 0 aliphatic carbocycles. The molecule has 0 radical (unpaired) electrons. The first kappa shape index (κ1) is 24.3. The van der Waals surface area contributed by atoms with Crippen LogP contribution in [0.3, 0.4) is 0 Å². The number of hydrogen-bond acceptors (Lipinski definition) is 8. The third-order valence-electron chi connectivity index (χ3n) is 4.28. The van der Waals surface area contributed by atoms with E-state index >= 15 is 0 Å². The van der Waals surface area contributed by atoms with E-state index in [-0.39, 0.29) is 35.9 Å². The number of aliphatic hydroxyl groups excluding tert-OH is 2. The molecule has 0 spiro atoms. The number of fused-ring (bicyclic) bond motifs is 1. The van der Waals surface area contributed by atoms with Crippen LogP contribution in [-0.2, 0) is 19.1 Å². The quantitative estimate of drug-likeness (QED) is 0.258. The maximum absolute atomic E-state index is 12.1. The van der Waals surface area contributed by atoms with Gasteiger partial charge in [-0.15, -0.1) is 0 Å². The summed E-state index contributed by atoms with van der Waals surface area (Å²) in [7, 11) is 0. The molecule has 0 saturated heterocycles. The van der Waals surface area contributed by atoms with Crippen molar-refractivity contribution < 1.29 is 29.3 Å². The lowest BCUT2D eigenvalue weighted by Crippen LogP contribution is -2.10. The molecule has 168 valence electrons. The summed E-state index contributed by atoms with van der Waals surface area (Å²) in [6.45, 7) is 6.34. The van der Waals surface area contributed by atoms with Crippen molar-refractivity contribution in [3.8, 4) is 0 Å². The maximum Gasteiger partial charge on any atom is 0.343 e. The van der Waals surface area contributed by atoms with Gasteiger partial charge in [-0.1, -0.05) is 24.3 Å². The largest absolute Gasteiger partial charge is 0.512 e. The van der Waals surface area contributed by atoms with Gasteiger partial charge in [0.1, 0.15) is 22.7 Å². The van der Waals surface area contributed by atoms with Crippen molar-refractivity contribution in [2.24, 2.45) is 9.98 Å². The standard InChI is InChI=1S/C24H26N2O6/c1-5-31-23(29)19(15(3)27)13-25-21-11-17-9-7-8-10-18(17)12-22(21)26-14-20(16(4)28)24(30)32-6-2/h7-14,27-28H,5-6H2,1-4H3/b19-15+,20-16+,25-13?,26-14?. The summed E-state index contributed by atoms with van der Waals surface area (Å²) in [6.07, 6.45) is 2.41. The zero-order valence-corrected chi connectivity index (χ0v) is 18.5. The summed E-state index contributed by atoms with van der Waals surface area (Å²) in [5, 5.41) is 21.5. The van der Waals surface area contributed by atoms with Crippen molar-refractivity contribution in [3.05, 3.63) is 59.1 Å². The summed E-state index contributed by atoms with van der Waals surface area (Å²) >= 11 is 0. The van der Waals surface area contributed by atoms with Gasteiger partial charge in [0.25, 0.3) is 0 Å². The fourth-order valence-corrected chi connectivity index (χ4v) is 2.70. The molecule has 2 aromatic rings. The van der Waals surface area contributed by atoms with Crippen LogP contribution in [0.1, 0.15) is 27.7 Å². The van der Waals surface area contributed by atoms with E-state index in [1.807, 2.05) is 24.3 Å². The van der Waals surface area contributed by atoms with Crippen LogP contribution < -0.4 is 0 Å². The van der Waals surface area contributed by atoms with Crippen LogP contribution in [0.25, 0.3) is 10.8 Å². The molecule has 0 aliphatic heterocycles. The minimum Gasteiger partial charge on any atom is -0.512 e. The number of hydrogen-bond donors (Lipinski definition) is 2. The van der Waals surface area contributed by atoms with E-state index in [4.69, 9.17) is 9.47 Å². The Morgan fingerprint density at radius 1 is 0.812 bits per heavy atom. The predicted molar refractivity (Wildman–Crippen MR) is 124 cm³/mol. The van der Waals surface area contributed by atoms with E-state index in [1.165, 1.54) is 26.3 Å². The van der Waals surface area contributed by atoms with Crippen LogP contribution in [0.15, 0.2) is 69.0 Å². The van der Waals surface area contributed by atoms with E-state index in [9.17, 15) is 19.8 Å². The van der Waals surface area contributed by atoms with Crippen molar-refractivity contribution >= 4 is 46.5 Å². The molecule has 0 unspecified atom stereocenters. The molecule has 0 aromatic heterocycles. The number of allylic oxidation sites excluding steroid dienone is 2. The van der Waals surface area contributed by atoms with E-state index < -0.39 is 11.9 Å². The van der Waals surface area contributed by atoms with Crippen LogP contribution in [-0.4, -0.2) is 47.8 Å². The first-order valence-electron chi connectivity index (χ1n) is 10.0. The summed E-state index contributed by atoms with van der Waals surface area (Å²) < 4.78 is 9.89. The van der Waals surface area contributed by atoms with Gasteiger partial charge >= 0.3 is 11.9 Å². The molecule has 0 amide bonds. The molecule has 8 nitrogen and oxygen atoms in total. The second kappa shape index (κ2) is 11.5. The molecular formula is C24H26N2O6. The van der Waals surface area contributed by atoms with Crippen LogP contribution in [0, 0.1) is 0 Å². The zero-order valence-electron chi connectivity index (χ0n) is 18.5. The fraction of sp³-hybridized carbons (Fsp3) is 0.250. The first-order valence-corrected chi connectivity index (χ1v) is 10.0. The van der Waals surface area contributed by atoms with Crippen molar-refractivity contribution in [3.63, 3.8) is 0 Å². The molecule has 2 aromatic carbocycles. The van der Waals surface area contributed by atoms with Gasteiger partial charge < -0.3 is 19.7 Å². The van der Waals surface area contributed by atoms with Gasteiger partial charge in [0.05, 0.1) is 24.6 Å². The summed E-state index contributed by atoms with van der Waals surface area (Å²) in [5.74, 6) is -1.88. The van der Waals surface area contributed by atoms with Crippen LogP contribution in [0.5, 0.6) is 0 Å². The third kappa shape index (κ3) is 6.28. The highest BCUT2D eigenvalue weighted by Gasteiger charge is 2.14. The molecule has 32 heavy (non-hydrogen) atoms. The molecule has 0 bridgehead atoms. The van der Waals surface area contributed by atoms with Crippen molar-refractivity contribution in [1.82, 2.24) is 0 Å². The van der Waals surface area contributed by atoms with Crippen molar-refractivity contribution in [1.29, 1.82) is 0 Å². The number of nitrogens with zero attached hydrogens (tertiary/aromatic N) is 2. The maximum atomic E-state index is 12.1. The van der Waals surface area contributed by atoms with Gasteiger partial charge in [-0.25, -0.2) is 9.59 Å². The number of esters is 2. The molecule has 0 atom stereocenters. The normalized spacial score (nSPS) is 13.2. The van der Waals surface area contributed by atoms with Crippen LogP contribution >= 0.6 is 0 Å². The lowest BCUT2D eigenvalue weighted by atomic mass is 10.1. The number of ether oxygens (including phenoxy) is 2. The van der Waals surface area contributed by atoms with Crippen molar-refractivity contribution in [2.45, 2.75) is 27.7 Å². The highest BCUT2D eigenvalue weighted by Crippen LogP contribution is 2.33. The number of aliphatic imine (C=N–C) groups is 2. The highest BCUT2D eigenvalue weighted by atomic mass is 16.5. The van der Waals surface area contributed by atoms with E-state index in [0.717, 1.165) is 10.8 Å². The summed E-state index contributed by atoms with van der Waals surface area (Å²) in [4.78, 5) is 32.8. The van der Waals surface area contributed by atoms with Gasteiger partial charge in [0.2, 0.25) is 0 Å². The second-order valence-electron chi connectivity index (χ2n) is 6.64. The Labute approximate surface area is 186 Å². The Hall–Kier alpha value is -3.94. The molecular weight excluding hydrogens is 412 g/mol. The minimum absolute atomic E-state index is 0.0896. The van der Waals surface area contributed by atoms with E-state index in [1.54, 1.807) is 26.0 Å². The fourth-order valence-electron chi connectivity index (χ4n) is 2.70. The number of rotatable bonds is 8. The second-order valence-corrected chi connectivity index (χ2v) is 6.64. The smallest absolute Gasteiger partial charge is 0.343 e. The van der Waals surface area contributed by atoms with Crippen LogP contribution in [0.4, 0.5) is 11.4 Å². The summed E-state index contributed by atoms with van der Waals surface area (Å²) in [5.41, 5.74) is 0.574. The number of carbonyl (C=O) groups excluding carboxylic acids is 2. The zero-order chi connectivity index (χ0) is 23.7. The average Bonchev–Trinajstić information content (AvgIpc) is 2.74. The van der Waals surface area contributed by atoms with Gasteiger partial charge in [-0.05, 0) is 50.6 Å². The van der Waals surface area contributed by atoms with Gasteiger partial charge in [0.15, 0.2) is 0 Å². The van der Waals surface area contributed by atoms with E-state index in [2.05, 4.69) is 9.98 Å². The van der Waals surface area contributed by atoms with Gasteiger partial charge in [-0.3, -0.25) is 9.98 Å². The molecule has 2 rings (SSSR count). The molecule has 8 heteroatoms. The van der Waals surface area contributed by atoms with Crippen LogP contribution in [0.2, 0.25) is 0 Å². The number of benzene rings is 2. The SMILES string of the molecule is CCOC(=O)/C(C=Nc1cc2ccccc2cc1N=C/C(C(=O)OCC)=C(/C)O)=C(\C)O. The van der Waals surface area contributed by atoms with Gasteiger partial charge in [0, 0.05) is 12.4 Å². The average molecular weight is 438 g/mol. The molecule has 0 saturated carbocycles. The lowest BCUT2D eigenvalue weighted by Gasteiger charge is -2.07.